The van der Waals surface area contributed by atoms with Gasteiger partial charge in [-0.25, -0.2) is 21.6 Å². The van der Waals surface area contributed by atoms with Crippen molar-refractivity contribution in [1.82, 2.24) is 9.03 Å². The van der Waals surface area contributed by atoms with E-state index in [2.05, 4.69) is 4.72 Å². The minimum absolute atomic E-state index is 0.0337. The third kappa shape index (κ3) is 5.01. The Labute approximate surface area is 184 Å². The quantitative estimate of drug-likeness (QED) is 0.710. The Morgan fingerprint density at radius 3 is 2.23 bits per heavy atom. The van der Waals surface area contributed by atoms with Gasteiger partial charge in [0.05, 0.1) is 22.5 Å². The van der Waals surface area contributed by atoms with Crippen LogP contribution in [0.5, 0.6) is 0 Å². The summed E-state index contributed by atoms with van der Waals surface area (Å²) in [5, 5.41) is 0. The monoisotopic (exact) mass is 464 g/mol. The Morgan fingerprint density at radius 2 is 1.52 bits per heavy atom. The van der Waals surface area contributed by atoms with E-state index in [4.69, 9.17) is 4.74 Å². The maximum atomic E-state index is 12.9. The molecule has 0 amide bonds. The maximum absolute atomic E-state index is 12.9. The molecular formula is C22H28N2O5S2. The summed E-state index contributed by atoms with van der Waals surface area (Å²) in [6.45, 7) is 1.68. The second-order valence-corrected chi connectivity index (χ2v) is 11.7. The lowest BCUT2D eigenvalue weighted by Gasteiger charge is -2.26. The summed E-state index contributed by atoms with van der Waals surface area (Å²) in [5.41, 5.74) is 2.16. The van der Waals surface area contributed by atoms with Crippen molar-refractivity contribution in [3.05, 3.63) is 59.7 Å². The molecule has 1 unspecified atom stereocenters. The van der Waals surface area contributed by atoms with Crippen molar-refractivity contribution in [3.63, 3.8) is 0 Å². The normalized spacial score (nSPS) is 20.7. The summed E-state index contributed by atoms with van der Waals surface area (Å²) < 4.78 is 61.2. The lowest BCUT2D eigenvalue weighted by Crippen LogP contribution is -2.32. The fraction of sp³-hybridized carbons (Fsp3) is 0.455. The molecule has 2 aromatic rings. The smallest absolute Gasteiger partial charge is 0.243 e. The molecule has 0 aliphatic carbocycles. The van der Waals surface area contributed by atoms with E-state index in [1.807, 2.05) is 24.3 Å². The highest BCUT2D eigenvalue weighted by Gasteiger charge is 2.27. The summed E-state index contributed by atoms with van der Waals surface area (Å²) in [5.74, 6) is 0. The van der Waals surface area contributed by atoms with Crippen LogP contribution in [0.1, 0.15) is 42.9 Å². The highest BCUT2D eigenvalue weighted by molar-refractivity contribution is 7.89. The fourth-order valence-electron chi connectivity index (χ4n) is 4.14. The molecule has 7 nitrogen and oxygen atoms in total. The molecule has 31 heavy (non-hydrogen) atoms. The van der Waals surface area contributed by atoms with E-state index in [0.717, 1.165) is 37.7 Å². The van der Waals surface area contributed by atoms with Crippen molar-refractivity contribution in [2.24, 2.45) is 0 Å². The van der Waals surface area contributed by atoms with Crippen molar-refractivity contribution < 1.29 is 21.6 Å². The van der Waals surface area contributed by atoms with Gasteiger partial charge in [-0.3, -0.25) is 0 Å². The van der Waals surface area contributed by atoms with E-state index in [9.17, 15) is 16.8 Å². The summed E-state index contributed by atoms with van der Waals surface area (Å²) in [6.07, 6.45) is 4.23. The van der Waals surface area contributed by atoms with Gasteiger partial charge in [0.15, 0.2) is 0 Å². The number of hydrogen-bond acceptors (Lipinski definition) is 5. The Hall–Kier alpha value is -1.78. The van der Waals surface area contributed by atoms with Crippen LogP contribution in [0.25, 0.3) is 0 Å². The molecule has 9 heteroatoms. The summed E-state index contributed by atoms with van der Waals surface area (Å²) in [4.78, 5) is 0.157. The lowest BCUT2D eigenvalue weighted by atomic mass is 9.98. The zero-order chi connectivity index (χ0) is 21.9. The van der Waals surface area contributed by atoms with Crippen LogP contribution in [0, 0.1) is 0 Å². The van der Waals surface area contributed by atoms with Crippen molar-refractivity contribution in [2.45, 2.75) is 48.0 Å². The van der Waals surface area contributed by atoms with E-state index >= 15 is 0 Å². The summed E-state index contributed by atoms with van der Waals surface area (Å²) in [6, 6.07) is 13.3. The second kappa shape index (κ2) is 9.38. The van der Waals surface area contributed by atoms with Crippen LogP contribution >= 0.6 is 0 Å². The molecule has 0 aromatic heterocycles. The topological polar surface area (TPSA) is 92.8 Å². The van der Waals surface area contributed by atoms with Crippen molar-refractivity contribution >= 4 is 20.0 Å². The molecule has 168 valence electrons. The minimum Gasteiger partial charge on any atom is -0.372 e. The van der Waals surface area contributed by atoms with Crippen LogP contribution in [0.2, 0.25) is 0 Å². The standard InChI is InChI=1S/C22H28N2O5S2/c25-30(26,23-17-22-21-8-4-3-7-18(21)13-16-29-22)19-9-11-20(12-10-19)31(27,28)24-14-5-1-2-6-15-24/h3-4,7-12,22-23H,1-2,5-6,13-17H2. The zero-order valence-corrected chi connectivity index (χ0v) is 19.0. The van der Waals surface area contributed by atoms with Gasteiger partial charge in [-0.1, -0.05) is 37.1 Å². The highest BCUT2D eigenvalue weighted by Crippen LogP contribution is 2.27. The average Bonchev–Trinajstić information content (AvgIpc) is 3.08. The van der Waals surface area contributed by atoms with Crippen LogP contribution in [0.4, 0.5) is 0 Å². The Kier molecular flexibility index (Phi) is 6.78. The first-order valence-electron chi connectivity index (χ1n) is 10.7. The molecule has 2 aromatic carbocycles. The van der Waals surface area contributed by atoms with E-state index in [1.165, 1.54) is 34.1 Å². The number of benzene rings is 2. The molecule has 0 spiro atoms. The first-order valence-corrected chi connectivity index (χ1v) is 13.6. The van der Waals surface area contributed by atoms with Gasteiger partial charge in [0.2, 0.25) is 20.0 Å². The van der Waals surface area contributed by atoms with Gasteiger partial charge in [-0.05, 0) is 54.7 Å². The van der Waals surface area contributed by atoms with E-state index in [0.29, 0.717) is 19.7 Å². The Morgan fingerprint density at radius 1 is 0.871 bits per heavy atom. The predicted octanol–water partition coefficient (Wildman–Crippen LogP) is 2.84. The SMILES string of the molecule is O=S(=O)(NCC1OCCc2ccccc21)c1ccc(S(=O)(=O)N2CCCCCC2)cc1. The fourth-order valence-corrected chi connectivity index (χ4v) is 6.69. The van der Waals surface area contributed by atoms with Gasteiger partial charge < -0.3 is 4.74 Å². The number of nitrogens with zero attached hydrogens (tertiary/aromatic N) is 1. The summed E-state index contributed by atoms with van der Waals surface area (Å²) in [7, 11) is -7.41. The largest absolute Gasteiger partial charge is 0.372 e. The molecule has 1 N–H and O–H groups in total. The molecular weight excluding hydrogens is 436 g/mol. The number of hydrogen-bond donors (Lipinski definition) is 1. The zero-order valence-electron chi connectivity index (χ0n) is 17.4. The van der Waals surface area contributed by atoms with Gasteiger partial charge in [-0.2, -0.15) is 4.31 Å². The Bertz CT molecular complexity index is 1110. The van der Waals surface area contributed by atoms with Gasteiger partial charge in [0.25, 0.3) is 0 Å². The number of sulfonamides is 2. The van der Waals surface area contributed by atoms with Gasteiger partial charge >= 0.3 is 0 Å². The van der Waals surface area contributed by atoms with Gasteiger partial charge in [0, 0.05) is 19.6 Å². The molecule has 0 saturated carbocycles. The second-order valence-electron chi connectivity index (χ2n) is 7.95. The molecule has 2 aliphatic rings. The van der Waals surface area contributed by atoms with Crippen LogP contribution < -0.4 is 4.72 Å². The van der Waals surface area contributed by atoms with E-state index < -0.39 is 20.0 Å². The molecule has 0 radical (unpaired) electrons. The molecule has 1 fully saturated rings. The van der Waals surface area contributed by atoms with Crippen LogP contribution in [0.3, 0.4) is 0 Å². The van der Waals surface area contributed by atoms with Crippen molar-refractivity contribution in [1.29, 1.82) is 0 Å². The lowest BCUT2D eigenvalue weighted by molar-refractivity contribution is 0.0460. The van der Waals surface area contributed by atoms with E-state index in [-0.39, 0.29) is 22.4 Å². The third-order valence-corrected chi connectivity index (χ3v) is 9.24. The molecule has 1 saturated heterocycles. The molecule has 1 atom stereocenters. The van der Waals surface area contributed by atoms with Gasteiger partial charge in [0.1, 0.15) is 0 Å². The predicted molar refractivity (Wildman–Crippen MR) is 118 cm³/mol. The Balaban J connectivity index is 1.46. The van der Waals surface area contributed by atoms with Crippen LogP contribution in [-0.2, 0) is 31.2 Å². The first kappa shape index (κ1) is 22.4. The van der Waals surface area contributed by atoms with Crippen molar-refractivity contribution in [2.75, 3.05) is 26.2 Å². The highest BCUT2D eigenvalue weighted by atomic mass is 32.2. The van der Waals surface area contributed by atoms with Crippen LogP contribution in [-0.4, -0.2) is 47.4 Å². The number of rotatable bonds is 6. The molecule has 2 aliphatic heterocycles. The molecule has 4 rings (SSSR count). The van der Waals surface area contributed by atoms with E-state index in [1.54, 1.807) is 0 Å². The minimum atomic E-state index is -3.79. The maximum Gasteiger partial charge on any atom is 0.243 e. The molecule has 2 heterocycles. The first-order chi connectivity index (χ1) is 14.9. The average molecular weight is 465 g/mol. The number of ether oxygens (including phenoxy) is 1. The molecule has 0 bridgehead atoms. The number of nitrogens with one attached hydrogen (secondary N) is 1. The number of fused-ring (bicyclic) bond motifs is 1. The van der Waals surface area contributed by atoms with Crippen LogP contribution in [0.15, 0.2) is 58.3 Å². The third-order valence-electron chi connectivity index (χ3n) is 5.89. The van der Waals surface area contributed by atoms with Crippen molar-refractivity contribution in [3.8, 4) is 0 Å². The summed E-state index contributed by atoms with van der Waals surface area (Å²) >= 11 is 0. The van der Waals surface area contributed by atoms with Gasteiger partial charge in [-0.15, -0.1) is 0 Å².